The third kappa shape index (κ3) is 2.12. The SMILES string of the molecule is OC1CC2CCC(C1)N2Cc1cn2cc(Cl)ccc2n1. The van der Waals surface area contributed by atoms with Crippen LogP contribution in [0.5, 0.6) is 0 Å². The van der Waals surface area contributed by atoms with Gasteiger partial charge in [0, 0.05) is 31.0 Å². The number of nitrogens with zero attached hydrogens (tertiary/aromatic N) is 3. The van der Waals surface area contributed by atoms with E-state index in [9.17, 15) is 5.11 Å². The number of pyridine rings is 1. The average molecular weight is 292 g/mol. The van der Waals surface area contributed by atoms with Crippen LogP contribution in [0, 0.1) is 0 Å². The van der Waals surface area contributed by atoms with E-state index in [4.69, 9.17) is 11.6 Å². The molecule has 0 aliphatic carbocycles. The van der Waals surface area contributed by atoms with E-state index in [2.05, 4.69) is 16.1 Å². The predicted octanol–water partition coefficient (Wildman–Crippen LogP) is 2.48. The fourth-order valence-corrected chi connectivity index (χ4v) is 3.95. The number of fused-ring (bicyclic) bond motifs is 3. The van der Waals surface area contributed by atoms with Gasteiger partial charge in [0.2, 0.25) is 0 Å². The van der Waals surface area contributed by atoms with Crippen molar-refractivity contribution in [3.05, 3.63) is 35.2 Å². The summed E-state index contributed by atoms with van der Waals surface area (Å²) in [5.74, 6) is 0. The summed E-state index contributed by atoms with van der Waals surface area (Å²) < 4.78 is 1.98. The Morgan fingerprint density at radius 1 is 1.20 bits per heavy atom. The summed E-state index contributed by atoms with van der Waals surface area (Å²) in [6.45, 7) is 0.876. The molecule has 2 unspecified atom stereocenters. The summed E-state index contributed by atoms with van der Waals surface area (Å²) in [6, 6.07) is 4.86. The maximum atomic E-state index is 9.86. The van der Waals surface area contributed by atoms with Gasteiger partial charge in [-0.3, -0.25) is 4.90 Å². The van der Waals surface area contributed by atoms with Crippen molar-refractivity contribution in [2.75, 3.05) is 0 Å². The van der Waals surface area contributed by atoms with Crippen molar-refractivity contribution in [2.24, 2.45) is 0 Å². The first-order valence-corrected chi connectivity index (χ1v) is 7.64. The van der Waals surface area contributed by atoms with E-state index in [-0.39, 0.29) is 6.10 Å². The molecule has 4 rings (SSSR count). The van der Waals surface area contributed by atoms with Crippen molar-refractivity contribution in [3.8, 4) is 0 Å². The third-order valence-corrected chi connectivity index (χ3v) is 4.89. The Labute approximate surface area is 123 Å². The molecule has 1 N–H and O–H groups in total. The molecule has 5 heteroatoms. The van der Waals surface area contributed by atoms with Gasteiger partial charge in [0.05, 0.1) is 16.8 Å². The lowest BCUT2D eigenvalue weighted by Crippen LogP contribution is -2.44. The number of rotatable bonds is 2. The van der Waals surface area contributed by atoms with Crippen molar-refractivity contribution in [1.29, 1.82) is 0 Å². The second-order valence-corrected chi connectivity index (χ2v) is 6.46. The molecule has 2 aliphatic heterocycles. The van der Waals surface area contributed by atoms with E-state index in [1.807, 2.05) is 22.7 Å². The van der Waals surface area contributed by atoms with Crippen LogP contribution in [0.2, 0.25) is 5.02 Å². The Morgan fingerprint density at radius 2 is 1.95 bits per heavy atom. The second-order valence-electron chi connectivity index (χ2n) is 6.03. The first kappa shape index (κ1) is 12.6. The zero-order valence-electron chi connectivity index (χ0n) is 11.2. The highest BCUT2D eigenvalue weighted by Crippen LogP contribution is 2.36. The average Bonchev–Trinajstić information content (AvgIpc) is 2.89. The number of aromatic nitrogens is 2. The molecule has 4 nitrogen and oxygen atoms in total. The summed E-state index contributed by atoms with van der Waals surface area (Å²) in [7, 11) is 0. The van der Waals surface area contributed by atoms with Crippen LogP contribution in [0.15, 0.2) is 24.5 Å². The first-order valence-electron chi connectivity index (χ1n) is 7.26. The molecule has 0 amide bonds. The summed E-state index contributed by atoms with van der Waals surface area (Å²) in [5.41, 5.74) is 2.02. The van der Waals surface area contributed by atoms with Crippen LogP contribution in [-0.4, -0.2) is 37.6 Å². The minimum atomic E-state index is -0.108. The van der Waals surface area contributed by atoms with Crippen LogP contribution in [0.3, 0.4) is 0 Å². The van der Waals surface area contributed by atoms with Gasteiger partial charge in [0.15, 0.2) is 0 Å². The lowest BCUT2D eigenvalue weighted by Gasteiger charge is -2.36. The van der Waals surface area contributed by atoms with Crippen LogP contribution < -0.4 is 0 Å². The monoisotopic (exact) mass is 291 g/mol. The van der Waals surface area contributed by atoms with Crippen LogP contribution in [0.25, 0.3) is 5.65 Å². The Balaban J connectivity index is 1.58. The van der Waals surface area contributed by atoms with Gasteiger partial charge in [-0.1, -0.05) is 11.6 Å². The summed E-state index contributed by atoms with van der Waals surface area (Å²) >= 11 is 6.01. The maximum Gasteiger partial charge on any atom is 0.137 e. The molecule has 106 valence electrons. The Bertz CT molecular complexity index is 627. The molecule has 0 radical (unpaired) electrons. The number of halogens is 1. The van der Waals surface area contributed by atoms with Crippen LogP contribution >= 0.6 is 11.6 Å². The lowest BCUT2D eigenvalue weighted by molar-refractivity contribution is 0.0304. The molecule has 20 heavy (non-hydrogen) atoms. The number of aliphatic hydroxyl groups excluding tert-OH is 1. The smallest absolute Gasteiger partial charge is 0.137 e. The van der Waals surface area contributed by atoms with Gasteiger partial charge >= 0.3 is 0 Å². The zero-order valence-corrected chi connectivity index (χ0v) is 12.0. The normalized spacial score (nSPS) is 30.2. The Kier molecular flexibility index (Phi) is 2.98. The molecular formula is C15H18ClN3O. The fourth-order valence-electron chi connectivity index (χ4n) is 3.78. The van der Waals surface area contributed by atoms with Gasteiger partial charge in [0.25, 0.3) is 0 Å². The standard InChI is InChI=1S/C15H18ClN3O/c16-10-1-4-15-17-11(8-18(15)7-10)9-19-12-2-3-13(19)6-14(20)5-12/h1,4,7-8,12-14,20H,2-3,5-6,9H2. The van der Waals surface area contributed by atoms with Crippen molar-refractivity contribution in [2.45, 2.75) is 50.4 Å². The largest absolute Gasteiger partial charge is 0.393 e. The number of hydrogen-bond donors (Lipinski definition) is 1. The predicted molar refractivity (Wildman–Crippen MR) is 77.8 cm³/mol. The van der Waals surface area contributed by atoms with Gasteiger partial charge in [-0.25, -0.2) is 4.98 Å². The molecule has 2 bridgehead atoms. The molecule has 4 heterocycles. The van der Waals surface area contributed by atoms with Crippen molar-refractivity contribution >= 4 is 17.2 Å². The molecule has 2 aromatic heterocycles. The molecule has 2 fully saturated rings. The molecule has 0 aromatic carbocycles. The summed E-state index contributed by atoms with van der Waals surface area (Å²) in [5, 5.41) is 10.6. The van der Waals surface area contributed by atoms with Gasteiger partial charge < -0.3 is 9.51 Å². The van der Waals surface area contributed by atoms with Crippen LogP contribution in [-0.2, 0) is 6.54 Å². The minimum absolute atomic E-state index is 0.108. The quantitative estimate of drug-likeness (QED) is 0.924. The van der Waals surface area contributed by atoms with Gasteiger partial charge in [-0.2, -0.15) is 0 Å². The minimum Gasteiger partial charge on any atom is -0.393 e. The molecule has 0 spiro atoms. The molecule has 2 atom stereocenters. The summed E-state index contributed by atoms with van der Waals surface area (Å²) in [6.07, 6.45) is 8.09. The Morgan fingerprint density at radius 3 is 2.70 bits per heavy atom. The van der Waals surface area contributed by atoms with E-state index in [0.29, 0.717) is 12.1 Å². The number of piperidine rings is 1. The van der Waals surface area contributed by atoms with Crippen LogP contribution in [0.1, 0.15) is 31.4 Å². The third-order valence-electron chi connectivity index (χ3n) is 4.67. The zero-order chi connectivity index (χ0) is 13.7. The second kappa shape index (κ2) is 4.72. The highest BCUT2D eigenvalue weighted by Gasteiger charge is 2.40. The van der Waals surface area contributed by atoms with Crippen molar-refractivity contribution in [1.82, 2.24) is 14.3 Å². The molecule has 2 saturated heterocycles. The van der Waals surface area contributed by atoms with Gasteiger partial charge in [-0.15, -0.1) is 0 Å². The fraction of sp³-hybridized carbons (Fsp3) is 0.533. The molecular weight excluding hydrogens is 274 g/mol. The van der Waals surface area contributed by atoms with Crippen molar-refractivity contribution in [3.63, 3.8) is 0 Å². The van der Waals surface area contributed by atoms with E-state index in [0.717, 1.165) is 35.8 Å². The topological polar surface area (TPSA) is 40.8 Å². The number of imidazole rings is 1. The molecule has 2 aliphatic rings. The lowest BCUT2D eigenvalue weighted by atomic mass is 10.00. The maximum absolute atomic E-state index is 9.86. The molecule has 0 saturated carbocycles. The van der Waals surface area contributed by atoms with E-state index in [1.165, 1.54) is 12.8 Å². The van der Waals surface area contributed by atoms with Gasteiger partial charge in [-0.05, 0) is 37.8 Å². The highest BCUT2D eigenvalue weighted by molar-refractivity contribution is 6.30. The molecule has 2 aromatic rings. The van der Waals surface area contributed by atoms with Crippen molar-refractivity contribution < 1.29 is 5.11 Å². The number of hydrogen-bond acceptors (Lipinski definition) is 3. The first-order chi connectivity index (χ1) is 9.69. The highest BCUT2D eigenvalue weighted by atomic mass is 35.5. The Hall–Kier alpha value is -1.10. The van der Waals surface area contributed by atoms with E-state index < -0.39 is 0 Å². The number of aliphatic hydroxyl groups is 1. The van der Waals surface area contributed by atoms with E-state index >= 15 is 0 Å². The van der Waals surface area contributed by atoms with E-state index in [1.54, 1.807) is 0 Å². The van der Waals surface area contributed by atoms with Crippen LogP contribution in [0.4, 0.5) is 0 Å². The van der Waals surface area contributed by atoms with Gasteiger partial charge in [0.1, 0.15) is 5.65 Å². The summed E-state index contributed by atoms with van der Waals surface area (Å²) in [4.78, 5) is 7.19.